The van der Waals surface area contributed by atoms with Gasteiger partial charge in [-0.2, -0.15) is 0 Å². The van der Waals surface area contributed by atoms with Gasteiger partial charge in [-0.15, -0.1) is 0 Å². The normalized spacial score (nSPS) is 10.6. The third-order valence-corrected chi connectivity index (χ3v) is 4.64. The number of nitrogens with one attached hydrogen (secondary N) is 1. The van der Waals surface area contributed by atoms with Crippen LogP contribution in [-0.4, -0.2) is 16.0 Å². The van der Waals surface area contributed by atoms with Crippen LogP contribution >= 0.6 is 11.6 Å². The molecule has 0 radical (unpaired) electrons. The molecule has 1 heterocycles. The van der Waals surface area contributed by atoms with Gasteiger partial charge in [-0.3, -0.25) is 14.9 Å². The molecule has 0 aliphatic rings. The number of benzene rings is 2. The van der Waals surface area contributed by atoms with Gasteiger partial charge in [-0.25, -0.2) is 0 Å². The van der Waals surface area contributed by atoms with Crippen molar-refractivity contribution in [2.75, 3.05) is 5.32 Å². The van der Waals surface area contributed by atoms with Crippen LogP contribution in [0.5, 0.6) is 5.75 Å². The highest BCUT2D eigenvalue weighted by Gasteiger charge is 2.22. The molecule has 0 atom stereocenters. The van der Waals surface area contributed by atoms with E-state index in [9.17, 15) is 14.9 Å². The number of nitro groups is 1. The van der Waals surface area contributed by atoms with E-state index >= 15 is 0 Å². The highest BCUT2D eigenvalue weighted by atomic mass is 35.5. The zero-order valence-corrected chi connectivity index (χ0v) is 16.7. The molecule has 150 valence electrons. The average molecular weight is 416 g/mol. The van der Waals surface area contributed by atoms with Crippen molar-refractivity contribution in [3.63, 3.8) is 0 Å². The molecule has 3 aromatic rings. The topological polar surface area (TPSA) is 108 Å². The van der Waals surface area contributed by atoms with E-state index < -0.39 is 10.8 Å². The summed E-state index contributed by atoms with van der Waals surface area (Å²) in [5, 5.41) is 17.3. The number of carbonyl (C=O) groups is 1. The quantitative estimate of drug-likeness (QED) is 0.448. The van der Waals surface area contributed by atoms with Gasteiger partial charge in [0.25, 0.3) is 11.6 Å². The predicted molar refractivity (Wildman–Crippen MR) is 108 cm³/mol. The fourth-order valence-electron chi connectivity index (χ4n) is 2.65. The second-order valence-corrected chi connectivity index (χ2v) is 6.91. The van der Waals surface area contributed by atoms with Crippen molar-refractivity contribution in [3.8, 4) is 5.75 Å². The first kappa shape index (κ1) is 20.3. The van der Waals surface area contributed by atoms with Crippen molar-refractivity contribution in [3.05, 3.63) is 79.7 Å². The molecule has 29 heavy (non-hydrogen) atoms. The minimum absolute atomic E-state index is 0.0425. The Labute approximate surface area is 171 Å². The van der Waals surface area contributed by atoms with Crippen LogP contribution in [0.2, 0.25) is 5.02 Å². The lowest BCUT2D eigenvalue weighted by molar-refractivity contribution is -0.384. The molecule has 0 saturated carbocycles. The maximum atomic E-state index is 12.7. The maximum absolute atomic E-state index is 12.7. The number of hydrogen-bond donors (Lipinski definition) is 1. The van der Waals surface area contributed by atoms with Crippen LogP contribution in [0, 0.1) is 30.9 Å². The van der Waals surface area contributed by atoms with Gasteiger partial charge in [0.2, 0.25) is 0 Å². The highest BCUT2D eigenvalue weighted by Crippen LogP contribution is 2.28. The van der Waals surface area contributed by atoms with E-state index in [1.54, 1.807) is 6.92 Å². The smallest absolute Gasteiger partial charge is 0.278 e. The number of aryl methyl sites for hydroxylation is 3. The summed E-state index contributed by atoms with van der Waals surface area (Å²) in [7, 11) is 0. The molecule has 0 aliphatic carbocycles. The van der Waals surface area contributed by atoms with E-state index in [-0.39, 0.29) is 28.7 Å². The number of anilines is 1. The number of non-ortho nitro benzene ring substituents is 1. The Morgan fingerprint density at radius 1 is 1.24 bits per heavy atom. The second kappa shape index (κ2) is 8.32. The third kappa shape index (κ3) is 4.55. The van der Waals surface area contributed by atoms with Crippen molar-refractivity contribution in [1.29, 1.82) is 0 Å². The number of halogens is 1. The molecule has 0 aliphatic heterocycles. The molecular weight excluding hydrogens is 398 g/mol. The van der Waals surface area contributed by atoms with Gasteiger partial charge in [0, 0.05) is 12.1 Å². The molecule has 0 unspecified atom stereocenters. The molecule has 0 bridgehead atoms. The molecule has 1 N–H and O–H groups in total. The van der Waals surface area contributed by atoms with Crippen LogP contribution in [0.4, 0.5) is 11.4 Å². The number of ether oxygens (including phenoxy) is 1. The number of carbonyl (C=O) groups excluding carboxylic acids is 1. The Kier molecular flexibility index (Phi) is 5.84. The minimum Gasteiger partial charge on any atom is -0.488 e. The summed E-state index contributed by atoms with van der Waals surface area (Å²) in [6.07, 6.45) is 0. The van der Waals surface area contributed by atoms with E-state index in [1.165, 1.54) is 12.1 Å². The molecule has 3 rings (SSSR count). The predicted octanol–water partition coefficient (Wildman–Crippen LogP) is 4.99. The monoisotopic (exact) mass is 415 g/mol. The summed E-state index contributed by atoms with van der Waals surface area (Å²) in [4.78, 5) is 22.9. The van der Waals surface area contributed by atoms with Crippen LogP contribution in [0.1, 0.15) is 32.9 Å². The van der Waals surface area contributed by atoms with Crippen molar-refractivity contribution in [2.45, 2.75) is 27.4 Å². The first-order valence-corrected chi connectivity index (χ1v) is 9.04. The molecular formula is C20H18ClN3O5. The van der Waals surface area contributed by atoms with Crippen LogP contribution < -0.4 is 10.1 Å². The Morgan fingerprint density at radius 3 is 2.69 bits per heavy atom. The molecule has 1 amide bonds. The second-order valence-electron chi connectivity index (χ2n) is 6.50. The van der Waals surface area contributed by atoms with E-state index in [4.69, 9.17) is 20.9 Å². The van der Waals surface area contributed by atoms with Gasteiger partial charge in [0.1, 0.15) is 18.1 Å². The summed E-state index contributed by atoms with van der Waals surface area (Å²) in [5.74, 6) is 0.600. The summed E-state index contributed by atoms with van der Waals surface area (Å²) < 4.78 is 11.0. The van der Waals surface area contributed by atoms with Crippen molar-refractivity contribution in [1.82, 2.24) is 5.16 Å². The van der Waals surface area contributed by atoms with Crippen LogP contribution in [-0.2, 0) is 6.61 Å². The standard InChI is InChI=1S/C20H18ClN3O5/c1-11-4-5-12(2)18(8-11)28-10-15-13(3)29-23-19(15)20(25)22-17-7-6-14(24(26)27)9-16(17)21/h4-9H,10H2,1-3H3,(H,22,25). The number of rotatable bonds is 6. The largest absolute Gasteiger partial charge is 0.488 e. The number of aromatic nitrogens is 1. The third-order valence-electron chi connectivity index (χ3n) is 4.33. The molecule has 8 nitrogen and oxygen atoms in total. The highest BCUT2D eigenvalue weighted by molar-refractivity contribution is 6.34. The van der Waals surface area contributed by atoms with Gasteiger partial charge in [-0.05, 0) is 44.0 Å². The molecule has 0 saturated heterocycles. The molecule has 2 aromatic carbocycles. The lowest BCUT2D eigenvalue weighted by Gasteiger charge is -2.10. The van der Waals surface area contributed by atoms with Gasteiger partial charge >= 0.3 is 0 Å². The van der Waals surface area contributed by atoms with Crippen molar-refractivity contribution in [2.24, 2.45) is 0 Å². The average Bonchev–Trinajstić information content (AvgIpc) is 3.04. The number of nitro benzene ring substituents is 1. The van der Waals surface area contributed by atoms with Crippen LogP contribution in [0.3, 0.4) is 0 Å². The number of nitrogens with zero attached hydrogens (tertiary/aromatic N) is 2. The first-order valence-electron chi connectivity index (χ1n) is 8.66. The Hall–Kier alpha value is -3.39. The zero-order valence-electron chi connectivity index (χ0n) is 16.0. The van der Waals surface area contributed by atoms with E-state index in [0.29, 0.717) is 17.1 Å². The SMILES string of the molecule is Cc1ccc(C)c(OCc2c(C(=O)Nc3ccc([N+](=O)[O-])cc3Cl)noc2C)c1. The Balaban J connectivity index is 1.79. The summed E-state index contributed by atoms with van der Waals surface area (Å²) >= 11 is 6.04. The van der Waals surface area contributed by atoms with Gasteiger partial charge in [0.15, 0.2) is 5.69 Å². The van der Waals surface area contributed by atoms with Crippen LogP contribution in [0.25, 0.3) is 0 Å². The van der Waals surface area contributed by atoms with Crippen molar-refractivity contribution >= 4 is 28.9 Å². The molecule has 9 heteroatoms. The zero-order chi connectivity index (χ0) is 21.1. The van der Waals surface area contributed by atoms with E-state index in [2.05, 4.69) is 10.5 Å². The number of hydrogen-bond acceptors (Lipinski definition) is 6. The lowest BCUT2D eigenvalue weighted by Crippen LogP contribution is -2.16. The van der Waals surface area contributed by atoms with E-state index in [0.717, 1.165) is 17.2 Å². The minimum atomic E-state index is -0.568. The summed E-state index contributed by atoms with van der Waals surface area (Å²) in [6, 6.07) is 9.62. The number of amides is 1. The molecule has 0 fully saturated rings. The van der Waals surface area contributed by atoms with Crippen molar-refractivity contribution < 1.29 is 19.0 Å². The maximum Gasteiger partial charge on any atom is 0.278 e. The Morgan fingerprint density at radius 2 is 2.00 bits per heavy atom. The fourth-order valence-corrected chi connectivity index (χ4v) is 2.87. The summed E-state index contributed by atoms with van der Waals surface area (Å²) in [6.45, 7) is 5.67. The van der Waals surface area contributed by atoms with E-state index in [1.807, 2.05) is 32.0 Å². The first-order chi connectivity index (χ1) is 13.8. The van der Waals surface area contributed by atoms with Gasteiger partial charge in [-0.1, -0.05) is 28.9 Å². The lowest BCUT2D eigenvalue weighted by atomic mass is 10.1. The fraction of sp³-hybridized carbons (Fsp3) is 0.200. The van der Waals surface area contributed by atoms with Gasteiger partial charge in [0.05, 0.1) is 21.2 Å². The summed E-state index contributed by atoms with van der Waals surface area (Å²) in [5.41, 5.74) is 2.63. The molecule has 1 aromatic heterocycles. The van der Waals surface area contributed by atoms with Crippen LogP contribution in [0.15, 0.2) is 40.9 Å². The van der Waals surface area contributed by atoms with Gasteiger partial charge < -0.3 is 14.6 Å². The molecule has 0 spiro atoms. The Bertz CT molecular complexity index is 1090.